The van der Waals surface area contributed by atoms with Crippen LogP contribution in [-0.2, 0) is 13.0 Å². The summed E-state index contributed by atoms with van der Waals surface area (Å²) in [6, 6.07) is 11.8. The lowest BCUT2D eigenvalue weighted by Crippen LogP contribution is -2.17. The van der Waals surface area contributed by atoms with Crippen LogP contribution in [0.4, 0.5) is 0 Å². The second kappa shape index (κ2) is 7.24. The Kier molecular flexibility index (Phi) is 5.60. The SMILES string of the molecule is Cc1cc(CNC(C)c2ccc(CC(C)C)cc2)sc1C. The largest absolute Gasteiger partial charge is 0.305 e. The van der Waals surface area contributed by atoms with E-state index in [-0.39, 0.29) is 0 Å². The second-order valence-corrected chi connectivity index (χ2v) is 7.73. The maximum atomic E-state index is 3.63. The van der Waals surface area contributed by atoms with E-state index >= 15 is 0 Å². The number of hydrogen-bond acceptors (Lipinski definition) is 2. The first-order chi connectivity index (χ1) is 9.95. The van der Waals surface area contributed by atoms with Gasteiger partial charge in [0.1, 0.15) is 0 Å². The molecule has 2 heteroatoms. The van der Waals surface area contributed by atoms with Gasteiger partial charge in [0, 0.05) is 22.3 Å². The Bertz CT molecular complexity index is 546. The molecule has 1 aromatic heterocycles. The van der Waals surface area contributed by atoms with Gasteiger partial charge in [0.2, 0.25) is 0 Å². The summed E-state index contributed by atoms with van der Waals surface area (Å²) in [4.78, 5) is 2.85. The van der Waals surface area contributed by atoms with Crippen LogP contribution in [0, 0.1) is 19.8 Å². The summed E-state index contributed by atoms with van der Waals surface area (Å²) in [5, 5.41) is 3.63. The van der Waals surface area contributed by atoms with Crippen LogP contribution >= 0.6 is 11.3 Å². The van der Waals surface area contributed by atoms with Crippen molar-refractivity contribution in [1.82, 2.24) is 5.32 Å². The molecule has 0 fully saturated rings. The van der Waals surface area contributed by atoms with Gasteiger partial charge in [0.25, 0.3) is 0 Å². The van der Waals surface area contributed by atoms with Crippen molar-refractivity contribution in [2.75, 3.05) is 0 Å². The molecule has 2 rings (SSSR count). The van der Waals surface area contributed by atoms with Gasteiger partial charge in [-0.3, -0.25) is 0 Å². The highest BCUT2D eigenvalue weighted by Gasteiger charge is 2.07. The molecular weight excluding hydrogens is 274 g/mol. The quantitative estimate of drug-likeness (QED) is 0.751. The fourth-order valence-electron chi connectivity index (χ4n) is 2.52. The van der Waals surface area contributed by atoms with Crippen LogP contribution in [0.5, 0.6) is 0 Å². The van der Waals surface area contributed by atoms with Crippen LogP contribution in [-0.4, -0.2) is 0 Å². The zero-order chi connectivity index (χ0) is 15.4. The lowest BCUT2D eigenvalue weighted by atomic mass is 10.00. The summed E-state index contributed by atoms with van der Waals surface area (Å²) >= 11 is 1.90. The van der Waals surface area contributed by atoms with E-state index in [9.17, 15) is 0 Å². The molecule has 1 N–H and O–H groups in total. The summed E-state index contributed by atoms with van der Waals surface area (Å²) in [6.07, 6.45) is 1.16. The van der Waals surface area contributed by atoms with Crippen molar-refractivity contribution < 1.29 is 0 Å². The number of benzene rings is 1. The third-order valence-corrected chi connectivity index (χ3v) is 5.08. The van der Waals surface area contributed by atoms with E-state index in [1.807, 2.05) is 11.3 Å². The van der Waals surface area contributed by atoms with Crippen molar-refractivity contribution in [2.45, 2.75) is 53.6 Å². The maximum absolute atomic E-state index is 3.63. The molecule has 0 amide bonds. The molecule has 0 radical (unpaired) electrons. The second-order valence-electron chi connectivity index (χ2n) is 6.39. The van der Waals surface area contributed by atoms with Crippen LogP contribution in [0.1, 0.15) is 53.3 Å². The molecule has 1 unspecified atom stereocenters. The average molecular weight is 301 g/mol. The fourth-order valence-corrected chi connectivity index (χ4v) is 3.53. The Morgan fingerprint density at radius 3 is 2.24 bits per heavy atom. The average Bonchev–Trinajstić information content (AvgIpc) is 2.75. The van der Waals surface area contributed by atoms with E-state index in [1.54, 1.807) is 0 Å². The molecule has 0 saturated heterocycles. The molecule has 1 nitrogen and oxygen atoms in total. The zero-order valence-corrected chi connectivity index (χ0v) is 14.7. The highest BCUT2D eigenvalue weighted by Crippen LogP contribution is 2.22. The van der Waals surface area contributed by atoms with Gasteiger partial charge in [0.15, 0.2) is 0 Å². The predicted octanol–water partition coefficient (Wildman–Crippen LogP) is 5.41. The predicted molar refractivity (Wildman–Crippen MR) is 94.0 cm³/mol. The Morgan fingerprint density at radius 1 is 1.05 bits per heavy atom. The molecule has 1 atom stereocenters. The van der Waals surface area contributed by atoms with Crippen LogP contribution in [0.3, 0.4) is 0 Å². The van der Waals surface area contributed by atoms with E-state index < -0.39 is 0 Å². The third-order valence-electron chi connectivity index (χ3n) is 3.92. The molecule has 0 aliphatic heterocycles. The lowest BCUT2D eigenvalue weighted by molar-refractivity contribution is 0.578. The molecule has 1 heterocycles. The molecule has 0 bridgehead atoms. The Balaban J connectivity index is 1.92. The molecular formula is C19H27NS. The summed E-state index contributed by atoms with van der Waals surface area (Å²) < 4.78 is 0. The van der Waals surface area contributed by atoms with E-state index in [4.69, 9.17) is 0 Å². The van der Waals surface area contributed by atoms with Gasteiger partial charge in [-0.25, -0.2) is 0 Å². The Labute approximate surface area is 133 Å². The minimum absolute atomic E-state index is 0.390. The van der Waals surface area contributed by atoms with Gasteiger partial charge in [-0.15, -0.1) is 11.3 Å². The summed E-state index contributed by atoms with van der Waals surface area (Å²) in [6.45, 7) is 12.1. The number of nitrogens with one attached hydrogen (secondary N) is 1. The normalized spacial score (nSPS) is 12.9. The first kappa shape index (κ1) is 16.3. The highest BCUT2D eigenvalue weighted by atomic mass is 32.1. The van der Waals surface area contributed by atoms with Gasteiger partial charge in [-0.2, -0.15) is 0 Å². The highest BCUT2D eigenvalue weighted by molar-refractivity contribution is 7.12. The molecule has 1 aromatic carbocycles. The monoisotopic (exact) mass is 301 g/mol. The van der Waals surface area contributed by atoms with Crippen molar-refractivity contribution in [3.05, 3.63) is 56.8 Å². The van der Waals surface area contributed by atoms with Gasteiger partial charge in [-0.1, -0.05) is 38.1 Å². The first-order valence-electron chi connectivity index (χ1n) is 7.84. The molecule has 2 aromatic rings. The van der Waals surface area contributed by atoms with E-state index in [1.165, 1.54) is 26.4 Å². The van der Waals surface area contributed by atoms with Crippen molar-refractivity contribution in [1.29, 1.82) is 0 Å². The van der Waals surface area contributed by atoms with Crippen LogP contribution in [0.2, 0.25) is 0 Å². The smallest absolute Gasteiger partial charge is 0.0305 e. The van der Waals surface area contributed by atoms with Gasteiger partial charge in [-0.05, 0) is 55.9 Å². The van der Waals surface area contributed by atoms with Crippen molar-refractivity contribution >= 4 is 11.3 Å². The standard InChI is InChI=1S/C19H27NS/c1-13(2)10-17-6-8-18(9-7-17)15(4)20-12-19-11-14(3)16(5)21-19/h6-9,11,13,15,20H,10,12H2,1-5H3. The number of hydrogen-bond donors (Lipinski definition) is 1. The fraction of sp³-hybridized carbons (Fsp3) is 0.474. The van der Waals surface area contributed by atoms with Gasteiger partial charge >= 0.3 is 0 Å². The Morgan fingerprint density at radius 2 is 1.71 bits per heavy atom. The lowest BCUT2D eigenvalue weighted by Gasteiger charge is -2.14. The molecule has 0 aliphatic carbocycles. The summed E-state index contributed by atoms with van der Waals surface area (Å²) in [5.74, 6) is 0.719. The molecule has 0 saturated carbocycles. The van der Waals surface area contributed by atoms with Crippen molar-refractivity contribution in [3.63, 3.8) is 0 Å². The maximum Gasteiger partial charge on any atom is 0.0305 e. The van der Waals surface area contributed by atoms with Crippen molar-refractivity contribution in [3.8, 4) is 0 Å². The minimum Gasteiger partial charge on any atom is -0.305 e. The molecule has 0 aliphatic rings. The van der Waals surface area contributed by atoms with E-state index in [0.29, 0.717) is 6.04 Å². The summed E-state index contributed by atoms with van der Waals surface area (Å²) in [5.41, 5.74) is 4.21. The van der Waals surface area contributed by atoms with Gasteiger partial charge < -0.3 is 5.32 Å². The topological polar surface area (TPSA) is 12.0 Å². The minimum atomic E-state index is 0.390. The number of rotatable bonds is 6. The Hall–Kier alpha value is -1.12. The van der Waals surface area contributed by atoms with Gasteiger partial charge in [0.05, 0.1) is 0 Å². The zero-order valence-electron chi connectivity index (χ0n) is 13.9. The van der Waals surface area contributed by atoms with E-state index in [0.717, 1.165) is 18.9 Å². The van der Waals surface area contributed by atoms with E-state index in [2.05, 4.69) is 70.3 Å². The molecule has 114 valence electrons. The molecule has 0 spiro atoms. The van der Waals surface area contributed by atoms with Crippen LogP contribution in [0.15, 0.2) is 30.3 Å². The molecule has 21 heavy (non-hydrogen) atoms. The van der Waals surface area contributed by atoms with Crippen LogP contribution < -0.4 is 5.32 Å². The van der Waals surface area contributed by atoms with Crippen molar-refractivity contribution in [2.24, 2.45) is 5.92 Å². The van der Waals surface area contributed by atoms with Crippen LogP contribution in [0.25, 0.3) is 0 Å². The summed E-state index contributed by atoms with van der Waals surface area (Å²) in [7, 11) is 0. The first-order valence-corrected chi connectivity index (χ1v) is 8.65. The number of aryl methyl sites for hydroxylation is 2. The number of thiophene rings is 1. The third kappa shape index (κ3) is 4.69.